The van der Waals surface area contributed by atoms with Gasteiger partial charge in [-0.15, -0.1) is 0 Å². The molecule has 6 nitrogen and oxygen atoms in total. The molecule has 0 spiro atoms. The molecule has 4 rings (SSSR count). The second-order valence-corrected chi connectivity index (χ2v) is 8.86. The van der Waals surface area contributed by atoms with E-state index < -0.39 is 17.4 Å². The molecule has 0 N–H and O–H groups in total. The molecule has 0 aromatic carbocycles. The molecule has 6 atom stereocenters. The van der Waals surface area contributed by atoms with Crippen molar-refractivity contribution in [3.63, 3.8) is 0 Å². The molecule has 0 amide bonds. The molecule has 146 valence electrons. The average Bonchev–Trinajstić information content (AvgIpc) is 3.47. The van der Waals surface area contributed by atoms with Gasteiger partial charge in [0.05, 0.1) is 24.4 Å². The van der Waals surface area contributed by atoms with Crippen LogP contribution in [0.15, 0.2) is 0 Å². The van der Waals surface area contributed by atoms with Crippen LogP contribution in [0.3, 0.4) is 0 Å². The Labute approximate surface area is 154 Å². The van der Waals surface area contributed by atoms with Crippen molar-refractivity contribution in [3.05, 3.63) is 0 Å². The van der Waals surface area contributed by atoms with Crippen LogP contribution in [0.5, 0.6) is 0 Å². The minimum atomic E-state index is -1.12. The number of fused-ring (bicyclic) bond motifs is 2. The summed E-state index contributed by atoms with van der Waals surface area (Å²) in [6, 6.07) is 0. The highest BCUT2D eigenvalue weighted by atomic mass is 16.6. The van der Waals surface area contributed by atoms with Crippen LogP contribution in [0.2, 0.25) is 0 Å². The first-order chi connectivity index (χ1) is 12.5. The smallest absolute Gasteiger partial charge is 0.0870 e. The van der Waals surface area contributed by atoms with Crippen LogP contribution in [0, 0.1) is 17.3 Å². The summed E-state index contributed by atoms with van der Waals surface area (Å²) in [7, 11) is 0. The molecule has 26 heavy (non-hydrogen) atoms. The van der Waals surface area contributed by atoms with Crippen molar-refractivity contribution in [1.29, 1.82) is 0 Å². The van der Waals surface area contributed by atoms with Gasteiger partial charge in [0.25, 0.3) is 0 Å². The average molecular weight is 364 g/mol. The SMILES string of the molecule is O=C([O-])CCCC(CC1CCCC2OC12)(CC1CCCC2OC12)C(=O)[O-]. The van der Waals surface area contributed by atoms with Crippen molar-refractivity contribution in [2.75, 3.05) is 0 Å². The normalized spacial score (nSPS) is 40.0. The molecule has 0 aromatic rings. The van der Waals surface area contributed by atoms with Crippen LogP contribution in [0.1, 0.15) is 70.6 Å². The molecule has 2 saturated heterocycles. The van der Waals surface area contributed by atoms with Gasteiger partial charge in [-0.05, 0) is 69.6 Å². The summed E-state index contributed by atoms with van der Waals surface area (Å²) in [5, 5.41) is 23.2. The number of hydrogen-bond acceptors (Lipinski definition) is 6. The Hall–Kier alpha value is -1.14. The maximum Gasteiger partial charge on any atom is 0.0870 e. The minimum absolute atomic E-state index is 0.102. The third kappa shape index (κ3) is 3.77. The zero-order valence-electron chi connectivity index (χ0n) is 15.2. The van der Waals surface area contributed by atoms with E-state index in [9.17, 15) is 19.8 Å². The van der Waals surface area contributed by atoms with Crippen LogP contribution in [0.4, 0.5) is 0 Å². The highest BCUT2D eigenvalue weighted by molar-refractivity contribution is 5.72. The van der Waals surface area contributed by atoms with E-state index in [0.29, 0.717) is 37.9 Å². The first-order valence-corrected chi connectivity index (χ1v) is 10.2. The summed E-state index contributed by atoms with van der Waals surface area (Å²) >= 11 is 0. The van der Waals surface area contributed by atoms with Crippen LogP contribution in [-0.4, -0.2) is 36.4 Å². The minimum Gasteiger partial charge on any atom is -0.550 e. The number of epoxide rings is 2. The third-order valence-electron chi connectivity index (χ3n) is 7.07. The van der Waals surface area contributed by atoms with E-state index in [-0.39, 0.29) is 30.5 Å². The fraction of sp³-hybridized carbons (Fsp3) is 0.900. The lowest BCUT2D eigenvalue weighted by atomic mass is 9.66. The Bertz CT molecular complexity index is 531. The van der Waals surface area contributed by atoms with E-state index in [1.54, 1.807) is 0 Å². The quantitative estimate of drug-likeness (QED) is 0.554. The van der Waals surface area contributed by atoms with Gasteiger partial charge < -0.3 is 29.3 Å². The standard InChI is InChI=1S/C20H30O6/c21-16(22)8-3-9-20(19(23)24,10-12-4-1-6-14-17(12)25-14)11-13-5-2-7-15-18(13)26-15/h12-15,17-18H,1-11H2,(H,21,22)(H,23,24)/p-2. The summed E-state index contributed by atoms with van der Waals surface area (Å²) in [5.74, 6) is -1.66. The monoisotopic (exact) mass is 364 g/mol. The van der Waals surface area contributed by atoms with Crippen molar-refractivity contribution >= 4 is 11.9 Å². The number of carbonyl (C=O) groups excluding carboxylic acids is 2. The number of aliphatic carboxylic acids is 2. The van der Waals surface area contributed by atoms with Gasteiger partial charge in [0.1, 0.15) is 0 Å². The van der Waals surface area contributed by atoms with Gasteiger partial charge in [0.15, 0.2) is 0 Å². The van der Waals surface area contributed by atoms with E-state index in [2.05, 4.69) is 0 Å². The van der Waals surface area contributed by atoms with Gasteiger partial charge in [-0.25, -0.2) is 0 Å². The zero-order valence-corrected chi connectivity index (χ0v) is 15.2. The fourth-order valence-electron chi connectivity index (χ4n) is 5.67. The summed E-state index contributed by atoms with van der Waals surface area (Å²) in [6.07, 6.45) is 8.91. The third-order valence-corrected chi connectivity index (χ3v) is 7.07. The van der Waals surface area contributed by atoms with Crippen LogP contribution in [-0.2, 0) is 19.1 Å². The molecule has 2 heterocycles. The molecular formula is C20H28O6-2. The largest absolute Gasteiger partial charge is 0.550 e. The summed E-state index contributed by atoms with van der Waals surface area (Å²) in [6.45, 7) is 0. The molecular weight excluding hydrogens is 336 g/mol. The van der Waals surface area contributed by atoms with Crippen molar-refractivity contribution < 1.29 is 29.3 Å². The highest BCUT2D eigenvalue weighted by Gasteiger charge is 2.53. The maximum absolute atomic E-state index is 12.3. The Morgan fingerprint density at radius 3 is 1.88 bits per heavy atom. The van der Waals surface area contributed by atoms with Gasteiger partial charge in [0.2, 0.25) is 0 Å². The van der Waals surface area contributed by atoms with Gasteiger partial charge >= 0.3 is 0 Å². The number of carbonyl (C=O) groups is 2. The van der Waals surface area contributed by atoms with Crippen molar-refractivity contribution in [2.24, 2.45) is 17.3 Å². The summed E-state index contributed by atoms with van der Waals surface area (Å²) < 4.78 is 11.5. The molecule has 0 bridgehead atoms. The number of rotatable bonds is 9. The Kier molecular flexibility index (Phi) is 4.99. The summed E-state index contributed by atoms with van der Waals surface area (Å²) in [4.78, 5) is 23.2. The van der Waals surface area contributed by atoms with Gasteiger partial charge in [-0.1, -0.05) is 12.8 Å². The van der Waals surface area contributed by atoms with E-state index in [1.165, 1.54) is 0 Å². The molecule has 6 heteroatoms. The lowest BCUT2D eigenvalue weighted by molar-refractivity contribution is -0.322. The van der Waals surface area contributed by atoms with Gasteiger partial charge in [0, 0.05) is 17.4 Å². The second kappa shape index (κ2) is 7.12. The Morgan fingerprint density at radius 1 is 0.885 bits per heavy atom. The molecule has 0 radical (unpaired) electrons. The second-order valence-electron chi connectivity index (χ2n) is 8.86. The molecule has 4 fully saturated rings. The number of carboxylic acids is 2. The first-order valence-electron chi connectivity index (χ1n) is 10.2. The van der Waals surface area contributed by atoms with Crippen molar-refractivity contribution in [1.82, 2.24) is 0 Å². The molecule has 4 aliphatic rings. The zero-order chi connectivity index (χ0) is 18.3. The molecule has 2 aliphatic carbocycles. The lowest BCUT2D eigenvalue weighted by Crippen LogP contribution is -2.46. The van der Waals surface area contributed by atoms with E-state index in [4.69, 9.17) is 9.47 Å². The van der Waals surface area contributed by atoms with Crippen LogP contribution >= 0.6 is 0 Å². The lowest BCUT2D eigenvalue weighted by Gasteiger charge is -2.41. The summed E-state index contributed by atoms with van der Waals surface area (Å²) in [5.41, 5.74) is -0.980. The molecule has 6 unspecified atom stereocenters. The molecule has 2 saturated carbocycles. The highest BCUT2D eigenvalue weighted by Crippen LogP contribution is 2.51. The van der Waals surface area contributed by atoms with E-state index in [0.717, 1.165) is 38.5 Å². The topological polar surface area (TPSA) is 105 Å². The van der Waals surface area contributed by atoms with Crippen LogP contribution in [0.25, 0.3) is 0 Å². The maximum atomic E-state index is 12.3. The van der Waals surface area contributed by atoms with Gasteiger partial charge in [-0.2, -0.15) is 0 Å². The van der Waals surface area contributed by atoms with Crippen LogP contribution < -0.4 is 10.2 Å². The number of ether oxygens (including phenoxy) is 2. The molecule has 2 aliphatic heterocycles. The predicted molar refractivity (Wildman–Crippen MR) is 87.5 cm³/mol. The Morgan fingerprint density at radius 2 is 1.42 bits per heavy atom. The Balaban J connectivity index is 1.49. The van der Waals surface area contributed by atoms with E-state index >= 15 is 0 Å². The first kappa shape index (κ1) is 18.2. The number of carboxylic acid groups (broad SMARTS) is 2. The number of hydrogen-bond donors (Lipinski definition) is 0. The van der Waals surface area contributed by atoms with Crippen molar-refractivity contribution in [2.45, 2.75) is 95.0 Å². The van der Waals surface area contributed by atoms with Crippen molar-refractivity contribution in [3.8, 4) is 0 Å². The fourth-order valence-corrected chi connectivity index (χ4v) is 5.67. The molecule has 0 aromatic heterocycles. The predicted octanol–water partition coefficient (Wildman–Crippen LogP) is 0.558. The van der Waals surface area contributed by atoms with E-state index in [1.807, 2.05) is 0 Å². The van der Waals surface area contributed by atoms with Gasteiger partial charge in [-0.3, -0.25) is 0 Å².